The molecule has 0 spiro atoms. The average molecular weight is 284 g/mol. The van der Waals surface area contributed by atoms with Gasteiger partial charge in [0.05, 0.1) is 0 Å². The molecule has 3 N–H and O–H groups in total. The summed E-state index contributed by atoms with van der Waals surface area (Å²) in [6.07, 6.45) is 0. The number of halogens is 1. The van der Waals surface area contributed by atoms with E-state index >= 15 is 0 Å². The zero-order chi connectivity index (χ0) is 11.5. The van der Waals surface area contributed by atoms with Crippen molar-refractivity contribution in [2.75, 3.05) is 26.7 Å². The maximum atomic E-state index is 6.29. The first-order chi connectivity index (χ1) is 7.66. The summed E-state index contributed by atoms with van der Waals surface area (Å²) in [6.45, 7) is 3.12. The van der Waals surface area contributed by atoms with Crippen LogP contribution in [0.25, 0.3) is 0 Å². The van der Waals surface area contributed by atoms with Gasteiger partial charge in [-0.3, -0.25) is 0 Å². The summed E-state index contributed by atoms with van der Waals surface area (Å²) < 4.78 is 1.09. The molecule has 2 rings (SSSR count). The highest BCUT2D eigenvalue weighted by Crippen LogP contribution is 2.20. The van der Waals surface area contributed by atoms with Gasteiger partial charge in [0, 0.05) is 36.2 Å². The molecular weight excluding hydrogens is 266 g/mol. The molecule has 1 aliphatic heterocycles. The van der Waals surface area contributed by atoms with Gasteiger partial charge in [0.25, 0.3) is 0 Å². The summed E-state index contributed by atoms with van der Waals surface area (Å²) in [6, 6.07) is 8.64. The quantitative estimate of drug-likeness (QED) is 0.861. The fraction of sp³-hybridized carbons (Fsp3) is 0.500. The fourth-order valence-corrected chi connectivity index (χ4v) is 2.54. The summed E-state index contributed by atoms with van der Waals surface area (Å²) in [4.78, 5) is 2.32. The van der Waals surface area contributed by atoms with Crippen molar-refractivity contribution in [2.24, 2.45) is 5.73 Å². The average Bonchev–Trinajstić information content (AvgIpc) is 2.28. The Kier molecular flexibility index (Phi) is 3.97. The minimum atomic E-state index is 0.0558. The van der Waals surface area contributed by atoms with Crippen LogP contribution in [0.1, 0.15) is 11.6 Å². The van der Waals surface area contributed by atoms with Crippen LogP contribution in [0, 0.1) is 0 Å². The Morgan fingerprint density at radius 1 is 1.56 bits per heavy atom. The van der Waals surface area contributed by atoms with Crippen LogP contribution in [0.4, 0.5) is 0 Å². The van der Waals surface area contributed by atoms with Crippen LogP contribution in [0.3, 0.4) is 0 Å². The monoisotopic (exact) mass is 283 g/mol. The van der Waals surface area contributed by atoms with Crippen molar-refractivity contribution in [2.45, 2.75) is 12.1 Å². The predicted molar refractivity (Wildman–Crippen MR) is 70.4 cm³/mol. The van der Waals surface area contributed by atoms with Crippen molar-refractivity contribution in [3.8, 4) is 0 Å². The van der Waals surface area contributed by atoms with Gasteiger partial charge in [-0.25, -0.2) is 0 Å². The van der Waals surface area contributed by atoms with Gasteiger partial charge in [-0.05, 0) is 24.7 Å². The third-order valence-corrected chi connectivity index (χ3v) is 3.57. The fourth-order valence-electron chi connectivity index (χ4n) is 2.12. The normalized spacial score (nSPS) is 24.3. The van der Waals surface area contributed by atoms with E-state index < -0.39 is 0 Å². The lowest BCUT2D eigenvalue weighted by atomic mass is 9.98. The molecule has 88 valence electrons. The van der Waals surface area contributed by atoms with Crippen LogP contribution in [-0.4, -0.2) is 37.6 Å². The van der Waals surface area contributed by atoms with Gasteiger partial charge in [0.2, 0.25) is 0 Å². The lowest BCUT2D eigenvalue weighted by Crippen LogP contribution is -2.53. The van der Waals surface area contributed by atoms with E-state index in [2.05, 4.69) is 45.3 Å². The van der Waals surface area contributed by atoms with Crippen molar-refractivity contribution in [3.05, 3.63) is 34.3 Å². The highest BCUT2D eigenvalue weighted by atomic mass is 79.9. The summed E-state index contributed by atoms with van der Waals surface area (Å²) in [5.41, 5.74) is 7.47. The topological polar surface area (TPSA) is 41.3 Å². The smallest absolute Gasteiger partial charge is 0.0463 e. The largest absolute Gasteiger partial charge is 0.323 e. The molecule has 0 amide bonds. The lowest BCUT2D eigenvalue weighted by Gasteiger charge is -2.34. The van der Waals surface area contributed by atoms with Gasteiger partial charge in [0.15, 0.2) is 0 Å². The van der Waals surface area contributed by atoms with Crippen LogP contribution >= 0.6 is 15.9 Å². The maximum Gasteiger partial charge on any atom is 0.0463 e. The molecule has 0 radical (unpaired) electrons. The van der Waals surface area contributed by atoms with Crippen LogP contribution in [0.2, 0.25) is 0 Å². The number of piperazine rings is 1. The van der Waals surface area contributed by atoms with E-state index in [0.29, 0.717) is 6.04 Å². The third-order valence-electron chi connectivity index (χ3n) is 3.08. The van der Waals surface area contributed by atoms with E-state index in [1.54, 1.807) is 0 Å². The lowest BCUT2D eigenvalue weighted by molar-refractivity contribution is 0.220. The van der Waals surface area contributed by atoms with Gasteiger partial charge in [-0.15, -0.1) is 0 Å². The van der Waals surface area contributed by atoms with Crippen LogP contribution in [-0.2, 0) is 0 Å². The summed E-state index contributed by atoms with van der Waals surface area (Å²) in [5, 5.41) is 3.49. The maximum absolute atomic E-state index is 6.29. The molecule has 0 bridgehead atoms. The molecule has 1 fully saturated rings. The van der Waals surface area contributed by atoms with Crippen molar-refractivity contribution < 1.29 is 0 Å². The highest BCUT2D eigenvalue weighted by molar-refractivity contribution is 9.10. The molecule has 2 unspecified atom stereocenters. The second-order valence-corrected chi connectivity index (χ2v) is 5.32. The van der Waals surface area contributed by atoms with E-state index in [0.717, 1.165) is 24.1 Å². The zero-order valence-corrected chi connectivity index (χ0v) is 11.1. The SMILES string of the molecule is CN1CCNC(C(N)c2cccc(Br)c2)C1. The van der Waals surface area contributed by atoms with Crippen LogP contribution in [0.5, 0.6) is 0 Å². The first-order valence-corrected chi connectivity index (χ1v) is 6.39. The minimum absolute atomic E-state index is 0.0558. The number of nitrogens with one attached hydrogen (secondary N) is 1. The molecule has 1 aliphatic rings. The Morgan fingerprint density at radius 3 is 3.06 bits per heavy atom. The number of hydrogen-bond acceptors (Lipinski definition) is 3. The van der Waals surface area contributed by atoms with Crippen LogP contribution in [0.15, 0.2) is 28.7 Å². The van der Waals surface area contributed by atoms with E-state index in [9.17, 15) is 0 Å². The Bertz CT molecular complexity index is 356. The molecule has 1 heterocycles. The number of nitrogens with two attached hydrogens (primary N) is 1. The Labute approximate surface area is 105 Å². The number of rotatable bonds is 2. The molecule has 1 aromatic rings. The molecular formula is C12H18BrN3. The molecule has 2 atom stereocenters. The first kappa shape index (κ1) is 12.0. The number of nitrogens with zero attached hydrogens (tertiary/aromatic N) is 1. The molecule has 16 heavy (non-hydrogen) atoms. The van der Waals surface area contributed by atoms with Crippen molar-refractivity contribution >= 4 is 15.9 Å². The first-order valence-electron chi connectivity index (χ1n) is 5.60. The minimum Gasteiger partial charge on any atom is -0.323 e. The van der Waals surface area contributed by atoms with Gasteiger partial charge in [0.1, 0.15) is 0 Å². The summed E-state index contributed by atoms with van der Waals surface area (Å²) in [7, 11) is 2.14. The molecule has 0 saturated carbocycles. The van der Waals surface area contributed by atoms with E-state index in [-0.39, 0.29) is 6.04 Å². The van der Waals surface area contributed by atoms with Gasteiger partial charge < -0.3 is 16.0 Å². The van der Waals surface area contributed by atoms with Gasteiger partial charge in [-0.1, -0.05) is 28.1 Å². The van der Waals surface area contributed by atoms with Gasteiger partial charge in [-0.2, -0.15) is 0 Å². The zero-order valence-electron chi connectivity index (χ0n) is 9.49. The number of benzene rings is 1. The summed E-state index contributed by atoms with van der Waals surface area (Å²) in [5.74, 6) is 0. The molecule has 4 heteroatoms. The molecule has 1 aromatic carbocycles. The molecule has 1 saturated heterocycles. The van der Waals surface area contributed by atoms with Gasteiger partial charge >= 0.3 is 0 Å². The van der Waals surface area contributed by atoms with E-state index in [1.165, 1.54) is 5.56 Å². The molecule has 0 aromatic heterocycles. The number of likely N-dealkylation sites (N-methyl/N-ethyl adjacent to an activating group) is 1. The Morgan fingerprint density at radius 2 is 2.38 bits per heavy atom. The highest BCUT2D eigenvalue weighted by Gasteiger charge is 2.23. The second kappa shape index (κ2) is 5.27. The van der Waals surface area contributed by atoms with E-state index in [4.69, 9.17) is 5.73 Å². The standard InChI is InChI=1S/C12H18BrN3/c1-16-6-5-15-11(8-16)12(14)9-3-2-4-10(13)7-9/h2-4,7,11-12,15H,5-6,8,14H2,1H3. The molecule has 3 nitrogen and oxygen atoms in total. The number of hydrogen-bond donors (Lipinski definition) is 2. The van der Waals surface area contributed by atoms with Crippen molar-refractivity contribution in [1.29, 1.82) is 0 Å². The van der Waals surface area contributed by atoms with Crippen molar-refractivity contribution in [1.82, 2.24) is 10.2 Å². The Hall–Kier alpha value is -0.420. The second-order valence-electron chi connectivity index (χ2n) is 4.40. The third kappa shape index (κ3) is 2.83. The van der Waals surface area contributed by atoms with E-state index in [1.807, 2.05) is 12.1 Å². The Balaban J connectivity index is 2.09. The van der Waals surface area contributed by atoms with Crippen molar-refractivity contribution in [3.63, 3.8) is 0 Å². The predicted octanol–water partition coefficient (Wildman–Crippen LogP) is 1.35. The summed E-state index contributed by atoms with van der Waals surface area (Å²) >= 11 is 3.48. The molecule has 0 aliphatic carbocycles. The van der Waals surface area contributed by atoms with Crippen LogP contribution < -0.4 is 11.1 Å².